The lowest BCUT2D eigenvalue weighted by atomic mass is 10.0. The van der Waals surface area contributed by atoms with Gasteiger partial charge in [0.15, 0.2) is 6.29 Å². The largest absolute Gasteiger partial charge is 0.488 e. The lowest BCUT2D eigenvalue weighted by Gasteiger charge is -2.17. The van der Waals surface area contributed by atoms with E-state index in [4.69, 9.17) is 14.2 Å². The number of rotatable bonds is 8. The molecule has 3 nitrogen and oxygen atoms in total. The molecule has 0 atom stereocenters. The van der Waals surface area contributed by atoms with Crippen molar-refractivity contribution in [2.24, 2.45) is 0 Å². The van der Waals surface area contributed by atoms with Gasteiger partial charge in [0.1, 0.15) is 12.4 Å². The number of hydrogen-bond acceptors (Lipinski definition) is 3. The molecule has 23 heavy (non-hydrogen) atoms. The molecular formula is C19H23BrO3. The Morgan fingerprint density at radius 2 is 1.61 bits per heavy atom. The molecule has 0 unspecified atom stereocenters. The molecule has 0 N–H and O–H groups in total. The first kappa shape index (κ1) is 18.0. The van der Waals surface area contributed by atoms with Crippen LogP contribution in [-0.4, -0.2) is 26.1 Å². The van der Waals surface area contributed by atoms with Crippen LogP contribution in [-0.2, 0) is 9.47 Å². The summed E-state index contributed by atoms with van der Waals surface area (Å²) in [5, 5.41) is 0. The summed E-state index contributed by atoms with van der Waals surface area (Å²) >= 11 is 3.58. The highest BCUT2D eigenvalue weighted by atomic mass is 79.9. The summed E-state index contributed by atoms with van der Waals surface area (Å²) in [7, 11) is 0. The molecule has 0 radical (unpaired) electrons. The predicted molar refractivity (Wildman–Crippen MR) is 96.9 cm³/mol. The third-order valence-electron chi connectivity index (χ3n) is 3.52. The summed E-state index contributed by atoms with van der Waals surface area (Å²) < 4.78 is 17.8. The molecule has 0 bridgehead atoms. The Morgan fingerprint density at radius 1 is 0.957 bits per heavy atom. The highest BCUT2D eigenvalue weighted by Gasteiger charge is 2.09. The third-order valence-corrected chi connectivity index (χ3v) is 4.38. The Bertz CT molecular complexity index is 605. The molecule has 0 aliphatic rings. The second-order valence-electron chi connectivity index (χ2n) is 5.09. The van der Waals surface area contributed by atoms with Crippen molar-refractivity contribution in [2.45, 2.75) is 27.1 Å². The number of hydrogen-bond donors (Lipinski definition) is 0. The topological polar surface area (TPSA) is 27.7 Å². The molecule has 0 saturated heterocycles. The highest BCUT2D eigenvalue weighted by Crippen LogP contribution is 2.29. The van der Waals surface area contributed by atoms with E-state index < -0.39 is 0 Å². The summed E-state index contributed by atoms with van der Waals surface area (Å²) in [6.45, 7) is 7.60. The average Bonchev–Trinajstić information content (AvgIpc) is 2.56. The van der Waals surface area contributed by atoms with Gasteiger partial charge in [0.25, 0.3) is 0 Å². The van der Waals surface area contributed by atoms with E-state index >= 15 is 0 Å². The fraction of sp³-hybridized carbons (Fsp3) is 0.368. The minimum absolute atomic E-state index is 0.322. The van der Waals surface area contributed by atoms with Gasteiger partial charge in [-0.25, -0.2) is 0 Å². The van der Waals surface area contributed by atoms with E-state index in [0.29, 0.717) is 19.8 Å². The van der Waals surface area contributed by atoms with Gasteiger partial charge in [0.05, 0.1) is 0 Å². The molecule has 0 heterocycles. The van der Waals surface area contributed by atoms with Gasteiger partial charge in [-0.15, -0.1) is 0 Å². The maximum absolute atomic E-state index is 5.76. The van der Waals surface area contributed by atoms with Crippen LogP contribution in [0.2, 0.25) is 0 Å². The zero-order valence-electron chi connectivity index (χ0n) is 13.8. The minimum atomic E-state index is -0.322. The van der Waals surface area contributed by atoms with Crippen molar-refractivity contribution in [3.8, 4) is 16.9 Å². The molecule has 0 spiro atoms. The number of benzene rings is 2. The third kappa shape index (κ3) is 5.06. The first-order valence-electron chi connectivity index (χ1n) is 7.87. The SMILES string of the molecule is CCOC(COc1ccc(-c2cccc(Br)c2C)cc1)OCC. The van der Waals surface area contributed by atoms with E-state index in [1.54, 1.807) is 0 Å². The molecule has 0 aromatic heterocycles. The van der Waals surface area contributed by atoms with Crippen LogP contribution in [0.5, 0.6) is 5.75 Å². The van der Waals surface area contributed by atoms with Crippen molar-refractivity contribution in [3.63, 3.8) is 0 Å². The molecule has 0 aliphatic carbocycles. The molecule has 0 aliphatic heterocycles. The van der Waals surface area contributed by atoms with Crippen LogP contribution in [0.3, 0.4) is 0 Å². The van der Waals surface area contributed by atoms with Crippen LogP contribution in [0, 0.1) is 6.92 Å². The fourth-order valence-electron chi connectivity index (χ4n) is 2.33. The van der Waals surface area contributed by atoms with Gasteiger partial charge in [-0.2, -0.15) is 0 Å². The van der Waals surface area contributed by atoms with Gasteiger partial charge < -0.3 is 14.2 Å². The van der Waals surface area contributed by atoms with Crippen molar-refractivity contribution in [1.29, 1.82) is 0 Å². The van der Waals surface area contributed by atoms with Crippen molar-refractivity contribution in [1.82, 2.24) is 0 Å². The molecule has 4 heteroatoms. The van der Waals surface area contributed by atoms with E-state index in [0.717, 1.165) is 10.2 Å². The summed E-state index contributed by atoms with van der Waals surface area (Å²) in [5.74, 6) is 0.811. The van der Waals surface area contributed by atoms with Gasteiger partial charge in [-0.3, -0.25) is 0 Å². The molecule has 0 saturated carbocycles. The quantitative estimate of drug-likeness (QED) is 0.590. The van der Waals surface area contributed by atoms with Crippen LogP contribution in [0.4, 0.5) is 0 Å². The Morgan fingerprint density at radius 3 is 2.22 bits per heavy atom. The van der Waals surface area contributed by atoms with Crippen molar-refractivity contribution in [2.75, 3.05) is 19.8 Å². The van der Waals surface area contributed by atoms with Crippen LogP contribution in [0.25, 0.3) is 11.1 Å². The van der Waals surface area contributed by atoms with Gasteiger partial charge in [-0.05, 0) is 55.7 Å². The Balaban J connectivity index is 2.03. The van der Waals surface area contributed by atoms with Crippen molar-refractivity contribution in [3.05, 3.63) is 52.5 Å². The maximum atomic E-state index is 5.76. The summed E-state index contributed by atoms with van der Waals surface area (Å²) in [5.41, 5.74) is 3.61. The van der Waals surface area contributed by atoms with E-state index in [9.17, 15) is 0 Å². The lowest BCUT2D eigenvalue weighted by Crippen LogP contribution is -2.25. The van der Waals surface area contributed by atoms with Crippen LogP contribution >= 0.6 is 15.9 Å². The molecule has 2 aromatic rings. The zero-order chi connectivity index (χ0) is 16.7. The van der Waals surface area contributed by atoms with E-state index in [2.05, 4.69) is 47.1 Å². The van der Waals surface area contributed by atoms with Gasteiger partial charge in [-0.1, -0.05) is 40.2 Å². The maximum Gasteiger partial charge on any atom is 0.191 e. The predicted octanol–water partition coefficient (Wildman–Crippen LogP) is 5.20. The molecule has 0 fully saturated rings. The van der Waals surface area contributed by atoms with Gasteiger partial charge in [0, 0.05) is 17.7 Å². The molecule has 2 aromatic carbocycles. The monoisotopic (exact) mass is 378 g/mol. The van der Waals surface area contributed by atoms with E-state index in [1.165, 1.54) is 16.7 Å². The first-order chi connectivity index (χ1) is 11.2. The lowest BCUT2D eigenvalue weighted by molar-refractivity contribution is -0.152. The van der Waals surface area contributed by atoms with Crippen molar-refractivity contribution < 1.29 is 14.2 Å². The van der Waals surface area contributed by atoms with Crippen molar-refractivity contribution >= 4 is 15.9 Å². The molecule has 0 amide bonds. The molecular weight excluding hydrogens is 356 g/mol. The summed E-state index contributed by atoms with van der Waals surface area (Å²) in [6, 6.07) is 14.3. The summed E-state index contributed by atoms with van der Waals surface area (Å²) in [4.78, 5) is 0. The Labute approximate surface area is 146 Å². The smallest absolute Gasteiger partial charge is 0.191 e. The number of halogens is 1. The molecule has 124 valence electrons. The second kappa shape index (κ2) is 9.06. The summed E-state index contributed by atoms with van der Waals surface area (Å²) in [6.07, 6.45) is -0.322. The normalized spacial score (nSPS) is 11.0. The first-order valence-corrected chi connectivity index (χ1v) is 8.66. The second-order valence-corrected chi connectivity index (χ2v) is 5.94. The number of ether oxygens (including phenoxy) is 3. The van der Waals surface area contributed by atoms with Crippen LogP contribution in [0.1, 0.15) is 19.4 Å². The molecule has 2 rings (SSSR count). The fourth-order valence-corrected chi connectivity index (χ4v) is 2.70. The zero-order valence-corrected chi connectivity index (χ0v) is 15.4. The Hall–Kier alpha value is -1.36. The Kier molecular flexibility index (Phi) is 7.09. The standard InChI is InChI=1S/C19H23BrO3/c1-4-21-19(22-5-2)13-23-16-11-9-15(10-12-16)17-7-6-8-18(20)14(17)3/h6-12,19H,4-5,13H2,1-3H3. The van der Waals surface area contributed by atoms with Crippen LogP contribution < -0.4 is 4.74 Å². The minimum Gasteiger partial charge on any atom is -0.488 e. The average molecular weight is 379 g/mol. The van der Waals surface area contributed by atoms with E-state index in [1.807, 2.05) is 32.0 Å². The van der Waals surface area contributed by atoms with Crippen LogP contribution in [0.15, 0.2) is 46.9 Å². The van der Waals surface area contributed by atoms with Gasteiger partial charge in [0.2, 0.25) is 0 Å². The van der Waals surface area contributed by atoms with Gasteiger partial charge >= 0.3 is 0 Å². The van der Waals surface area contributed by atoms with E-state index in [-0.39, 0.29) is 6.29 Å². The highest BCUT2D eigenvalue weighted by molar-refractivity contribution is 9.10.